The molecule has 1 aliphatic carbocycles. The number of ether oxygens (including phenoxy) is 1. The molecule has 0 saturated heterocycles. The molecule has 0 radical (unpaired) electrons. The van der Waals surface area contributed by atoms with E-state index in [1.165, 1.54) is 42.0 Å². The van der Waals surface area contributed by atoms with Crippen LogP contribution in [-0.4, -0.2) is 34.5 Å². The first kappa shape index (κ1) is 24.2. The Balaban J connectivity index is 1.58. The average molecular weight is 506 g/mol. The summed E-state index contributed by atoms with van der Waals surface area (Å²) in [4.78, 5) is 33.7. The van der Waals surface area contributed by atoms with Gasteiger partial charge in [0.25, 0.3) is 5.91 Å². The van der Waals surface area contributed by atoms with Gasteiger partial charge in [-0.3, -0.25) is 19.1 Å². The van der Waals surface area contributed by atoms with E-state index in [-0.39, 0.29) is 24.3 Å². The van der Waals surface area contributed by atoms with E-state index in [0.717, 1.165) is 36.6 Å². The van der Waals surface area contributed by atoms with Gasteiger partial charge in [0.15, 0.2) is 5.13 Å². The van der Waals surface area contributed by atoms with Crippen molar-refractivity contribution in [2.75, 3.05) is 12.0 Å². The van der Waals surface area contributed by atoms with E-state index >= 15 is 0 Å². The lowest BCUT2D eigenvalue weighted by molar-refractivity contribution is -0.118. The second-order valence-electron chi connectivity index (χ2n) is 9.14. The molecule has 8 heteroatoms. The molecule has 0 unspecified atom stereocenters. The highest BCUT2D eigenvalue weighted by molar-refractivity contribution is 7.13. The predicted octanol–water partition coefficient (Wildman–Crippen LogP) is 6.15. The van der Waals surface area contributed by atoms with Gasteiger partial charge in [0.2, 0.25) is 5.91 Å². The third kappa shape index (κ3) is 4.53. The maximum atomic E-state index is 13.9. The molecule has 5 rings (SSSR count). The number of anilines is 1. The van der Waals surface area contributed by atoms with Crippen molar-refractivity contribution in [2.45, 2.75) is 51.5 Å². The number of amides is 1. The lowest BCUT2D eigenvalue weighted by atomic mass is 9.94. The lowest BCUT2D eigenvalue weighted by Crippen LogP contribution is -2.42. The van der Waals surface area contributed by atoms with Crippen LogP contribution in [0.2, 0.25) is 0 Å². The minimum Gasteiger partial charge on any atom is -0.497 e. The first-order valence-corrected chi connectivity index (χ1v) is 13.1. The van der Waals surface area contributed by atoms with Crippen molar-refractivity contribution in [1.82, 2.24) is 9.55 Å². The van der Waals surface area contributed by atoms with Crippen LogP contribution in [0.3, 0.4) is 0 Å². The second kappa shape index (κ2) is 10.2. The summed E-state index contributed by atoms with van der Waals surface area (Å²) < 4.78 is 20.5. The number of benzene rings is 2. The molecule has 4 aromatic rings. The fourth-order valence-electron chi connectivity index (χ4n) is 5.17. The second-order valence-corrected chi connectivity index (χ2v) is 10.0. The van der Waals surface area contributed by atoms with Crippen LogP contribution in [0.1, 0.15) is 53.7 Å². The van der Waals surface area contributed by atoms with Crippen LogP contribution in [0.25, 0.3) is 10.9 Å². The third-order valence-corrected chi connectivity index (χ3v) is 7.77. The molecule has 0 bridgehead atoms. The SMILES string of the molecule is COc1ccc2c(c1)c(CC(=O)N(c1nccs1)C1CCCCC1)c(C)n2C(=O)c1ccc(F)cc1. The van der Waals surface area contributed by atoms with E-state index in [0.29, 0.717) is 27.7 Å². The summed E-state index contributed by atoms with van der Waals surface area (Å²) in [6.07, 6.45) is 7.17. The number of hydrogen-bond acceptors (Lipinski definition) is 5. The Morgan fingerprint density at radius 1 is 1.14 bits per heavy atom. The van der Waals surface area contributed by atoms with Crippen LogP contribution in [0.5, 0.6) is 5.75 Å². The largest absolute Gasteiger partial charge is 0.497 e. The number of thiazole rings is 1. The fourth-order valence-corrected chi connectivity index (χ4v) is 5.90. The smallest absolute Gasteiger partial charge is 0.262 e. The number of methoxy groups -OCH3 is 1. The van der Waals surface area contributed by atoms with Crippen molar-refractivity contribution in [3.8, 4) is 5.75 Å². The van der Waals surface area contributed by atoms with Gasteiger partial charge in [0.05, 0.1) is 19.0 Å². The first-order chi connectivity index (χ1) is 17.5. The molecule has 2 heterocycles. The van der Waals surface area contributed by atoms with Crippen LogP contribution in [0, 0.1) is 12.7 Å². The fraction of sp³-hybridized carbons (Fsp3) is 0.321. The molecule has 1 saturated carbocycles. The number of hydrogen-bond donors (Lipinski definition) is 0. The topological polar surface area (TPSA) is 64.4 Å². The standard InChI is InChI=1S/C28H28FN3O3S/c1-18-23(17-26(33)32(28-30-14-15-36-28)21-6-4-3-5-7-21)24-16-22(35-2)12-13-25(24)31(18)27(34)19-8-10-20(29)11-9-19/h8-16,21H,3-7,17H2,1-2H3. The van der Waals surface area contributed by atoms with Crippen molar-refractivity contribution < 1.29 is 18.7 Å². The Hall–Kier alpha value is -3.52. The zero-order valence-corrected chi connectivity index (χ0v) is 21.2. The minimum atomic E-state index is -0.401. The molecule has 186 valence electrons. The number of halogens is 1. The molecule has 2 aromatic carbocycles. The summed E-state index contributed by atoms with van der Waals surface area (Å²) >= 11 is 1.47. The molecule has 36 heavy (non-hydrogen) atoms. The molecule has 0 N–H and O–H groups in total. The molecular formula is C28H28FN3O3S. The van der Waals surface area contributed by atoms with Crippen LogP contribution in [0.4, 0.5) is 9.52 Å². The molecule has 1 amide bonds. The van der Waals surface area contributed by atoms with Crippen molar-refractivity contribution in [1.29, 1.82) is 0 Å². The van der Waals surface area contributed by atoms with Gasteiger partial charge in [-0.05, 0) is 67.8 Å². The normalized spacial score (nSPS) is 14.2. The highest BCUT2D eigenvalue weighted by atomic mass is 32.1. The van der Waals surface area contributed by atoms with Gasteiger partial charge in [-0.2, -0.15) is 0 Å². The van der Waals surface area contributed by atoms with Gasteiger partial charge in [0, 0.05) is 34.3 Å². The third-order valence-electron chi connectivity index (χ3n) is 7.00. The van der Waals surface area contributed by atoms with E-state index < -0.39 is 5.82 Å². The number of carbonyl (C=O) groups is 2. The van der Waals surface area contributed by atoms with Gasteiger partial charge < -0.3 is 4.74 Å². The molecule has 1 fully saturated rings. The van der Waals surface area contributed by atoms with Crippen LogP contribution < -0.4 is 9.64 Å². The Morgan fingerprint density at radius 2 is 1.89 bits per heavy atom. The number of rotatable bonds is 6. The molecule has 0 aliphatic heterocycles. The van der Waals surface area contributed by atoms with E-state index in [2.05, 4.69) is 4.98 Å². The maximum Gasteiger partial charge on any atom is 0.262 e. The molecule has 0 spiro atoms. The van der Waals surface area contributed by atoms with Gasteiger partial charge in [0.1, 0.15) is 11.6 Å². The Labute approximate surface area is 213 Å². The summed E-state index contributed by atoms with van der Waals surface area (Å²) in [5.41, 5.74) is 2.52. The summed E-state index contributed by atoms with van der Waals surface area (Å²) in [6.45, 7) is 1.85. The van der Waals surface area contributed by atoms with Crippen molar-refractivity contribution in [2.24, 2.45) is 0 Å². The molecular weight excluding hydrogens is 477 g/mol. The Bertz CT molecular complexity index is 1390. The monoisotopic (exact) mass is 505 g/mol. The number of carbonyl (C=O) groups excluding carboxylic acids is 2. The molecule has 0 atom stereocenters. The number of aromatic nitrogens is 2. The predicted molar refractivity (Wildman–Crippen MR) is 140 cm³/mol. The number of fused-ring (bicyclic) bond motifs is 1. The summed E-state index contributed by atoms with van der Waals surface area (Å²) in [7, 11) is 1.59. The van der Waals surface area contributed by atoms with Crippen molar-refractivity contribution in [3.63, 3.8) is 0 Å². The van der Waals surface area contributed by atoms with Gasteiger partial charge >= 0.3 is 0 Å². The Morgan fingerprint density at radius 3 is 2.56 bits per heavy atom. The highest BCUT2D eigenvalue weighted by Crippen LogP contribution is 2.33. The van der Waals surface area contributed by atoms with E-state index in [9.17, 15) is 14.0 Å². The van der Waals surface area contributed by atoms with Crippen LogP contribution in [0.15, 0.2) is 54.0 Å². The quantitative estimate of drug-likeness (QED) is 0.315. The summed E-state index contributed by atoms with van der Waals surface area (Å²) in [6, 6.07) is 11.1. The molecule has 6 nitrogen and oxygen atoms in total. The van der Waals surface area contributed by atoms with Crippen LogP contribution in [-0.2, 0) is 11.2 Å². The molecule has 2 aromatic heterocycles. The van der Waals surface area contributed by atoms with E-state index in [1.807, 2.05) is 29.3 Å². The Kier molecular flexibility index (Phi) is 6.87. The van der Waals surface area contributed by atoms with Gasteiger partial charge in [-0.15, -0.1) is 11.3 Å². The first-order valence-electron chi connectivity index (χ1n) is 12.2. The zero-order valence-electron chi connectivity index (χ0n) is 20.4. The van der Waals surface area contributed by atoms with Crippen LogP contribution >= 0.6 is 11.3 Å². The maximum absolute atomic E-state index is 13.9. The molecule has 1 aliphatic rings. The van der Waals surface area contributed by atoms with Crippen molar-refractivity contribution >= 4 is 39.2 Å². The summed E-state index contributed by atoms with van der Waals surface area (Å²) in [5, 5.41) is 3.40. The van der Waals surface area contributed by atoms with Gasteiger partial charge in [-0.1, -0.05) is 19.3 Å². The zero-order chi connectivity index (χ0) is 25.2. The minimum absolute atomic E-state index is 0.0314. The lowest BCUT2D eigenvalue weighted by Gasteiger charge is -2.32. The van der Waals surface area contributed by atoms with E-state index in [1.54, 1.807) is 23.9 Å². The highest BCUT2D eigenvalue weighted by Gasteiger charge is 2.30. The van der Waals surface area contributed by atoms with E-state index in [4.69, 9.17) is 4.74 Å². The van der Waals surface area contributed by atoms with Gasteiger partial charge in [-0.25, -0.2) is 9.37 Å². The summed E-state index contributed by atoms with van der Waals surface area (Å²) in [5.74, 6) is -0.0604. The van der Waals surface area contributed by atoms with Crippen molar-refractivity contribution in [3.05, 3.63) is 76.7 Å². The number of nitrogens with zero attached hydrogens (tertiary/aromatic N) is 3. The average Bonchev–Trinajstić information content (AvgIpc) is 3.51.